The van der Waals surface area contributed by atoms with Crippen LogP contribution in [0.1, 0.15) is 15.9 Å². The van der Waals surface area contributed by atoms with Crippen LogP contribution in [0.15, 0.2) is 42.5 Å². The third-order valence-electron chi connectivity index (χ3n) is 2.71. The number of amides is 1. The Morgan fingerprint density at radius 2 is 1.81 bits per heavy atom. The van der Waals surface area contributed by atoms with Gasteiger partial charge in [0.25, 0.3) is 5.91 Å². The molecule has 0 saturated carbocycles. The fraction of sp³-hybridized carbons (Fsp3) is 0.0714. The van der Waals surface area contributed by atoms with E-state index < -0.39 is 23.5 Å². The number of carbonyl (C=O) groups excluding carboxylic acids is 1. The molecule has 0 saturated heterocycles. The van der Waals surface area contributed by atoms with Crippen LogP contribution in [0.25, 0.3) is 0 Å². The molecule has 0 unspecified atom stereocenters. The summed E-state index contributed by atoms with van der Waals surface area (Å²) in [6.45, 7) is 0. The predicted molar refractivity (Wildman–Crippen MR) is 70.2 cm³/mol. The lowest BCUT2D eigenvalue weighted by molar-refractivity contribution is -0.137. The standard InChI is InChI=1S/C14H10F4N2O/c15-9-4-5-12(19)11(7-9)13(21)20-10-3-1-2-8(6-10)14(16,17)18/h1-7H,19H2,(H,20,21). The molecule has 1 amide bonds. The summed E-state index contributed by atoms with van der Waals surface area (Å²) < 4.78 is 50.8. The number of nitrogens with one attached hydrogen (secondary N) is 1. The largest absolute Gasteiger partial charge is 0.416 e. The second-order valence-corrected chi connectivity index (χ2v) is 4.26. The van der Waals surface area contributed by atoms with E-state index in [1.165, 1.54) is 12.1 Å². The van der Waals surface area contributed by atoms with Gasteiger partial charge in [-0.3, -0.25) is 4.79 Å². The maximum absolute atomic E-state index is 13.1. The highest BCUT2D eigenvalue weighted by molar-refractivity contribution is 6.07. The molecule has 0 atom stereocenters. The summed E-state index contributed by atoms with van der Waals surface area (Å²) in [6, 6.07) is 7.32. The van der Waals surface area contributed by atoms with E-state index in [2.05, 4.69) is 5.32 Å². The van der Waals surface area contributed by atoms with E-state index in [0.717, 1.165) is 30.3 Å². The van der Waals surface area contributed by atoms with E-state index in [1.54, 1.807) is 0 Å². The maximum Gasteiger partial charge on any atom is 0.416 e. The fourth-order valence-electron chi connectivity index (χ4n) is 1.70. The van der Waals surface area contributed by atoms with Crippen molar-refractivity contribution in [3.05, 3.63) is 59.4 Å². The van der Waals surface area contributed by atoms with Crippen LogP contribution >= 0.6 is 0 Å². The quantitative estimate of drug-likeness (QED) is 0.656. The minimum atomic E-state index is -4.52. The summed E-state index contributed by atoms with van der Waals surface area (Å²) in [5.74, 6) is -1.45. The van der Waals surface area contributed by atoms with Crippen molar-refractivity contribution in [1.82, 2.24) is 0 Å². The Morgan fingerprint density at radius 1 is 1.10 bits per heavy atom. The lowest BCUT2D eigenvalue weighted by Gasteiger charge is -2.10. The van der Waals surface area contributed by atoms with Crippen molar-refractivity contribution in [2.45, 2.75) is 6.18 Å². The highest BCUT2D eigenvalue weighted by Crippen LogP contribution is 2.30. The molecule has 0 heterocycles. The lowest BCUT2D eigenvalue weighted by Crippen LogP contribution is -2.15. The van der Waals surface area contributed by atoms with Gasteiger partial charge in [0, 0.05) is 11.4 Å². The smallest absolute Gasteiger partial charge is 0.398 e. The van der Waals surface area contributed by atoms with Crippen molar-refractivity contribution in [1.29, 1.82) is 0 Å². The Kier molecular flexibility index (Phi) is 3.84. The fourth-order valence-corrected chi connectivity index (χ4v) is 1.70. The normalized spacial score (nSPS) is 11.2. The molecule has 0 aliphatic heterocycles. The third kappa shape index (κ3) is 3.50. The first-order valence-corrected chi connectivity index (χ1v) is 5.81. The van der Waals surface area contributed by atoms with Gasteiger partial charge in [0.15, 0.2) is 0 Å². The predicted octanol–water partition coefficient (Wildman–Crippen LogP) is 3.68. The Hall–Kier alpha value is -2.57. The average molecular weight is 298 g/mol. The molecular formula is C14H10F4N2O. The Labute approximate surface area is 117 Å². The molecule has 3 N–H and O–H groups in total. The van der Waals surface area contributed by atoms with Gasteiger partial charge in [0.1, 0.15) is 5.82 Å². The van der Waals surface area contributed by atoms with Crippen molar-refractivity contribution in [2.75, 3.05) is 11.1 Å². The average Bonchev–Trinajstić information content (AvgIpc) is 2.41. The number of nitrogen functional groups attached to an aromatic ring is 1. The summed E-state index contributed by atoms with van der Waals surface area (Å²) in [5, 5.41) is 2.25. The number of nitrogens with two attached hydrogens (primary N) is 1. The maximum atomic E-state index is 13.1. The number of rotatable bonds is 2. The van der Waals surface area contributed by atoms with E-state index in [-0.39, 0.29) is 16.9 Å². The van der Waals surface area contributed by atoms with E-state index in [0.29, 0.717) is 0 Å². The Balaban J connectivity index is 2.26. The van der Waals surface area contributed by atoms with Gasteiger partial charge >= 0.3 is 6.18 Å². The van der Waals surface area contributed by atoms with Crippen molar-refractivity contribution in [2.24, 2.45) is 0 Å². The zero-order valence-corrected chi connectivity index (χ0v) is 10.5. The molecule has 21 heavy (non-hydrogen) atoms. The molecule has 0 radical (unpaired) electrons. The number of hydrogen-bond acceptors (Lipinski definition) is 2. The molecule has 2 aromatic carbocycles. The van der Waals surface area contributed by atoms with Gasteiger partial charge in [0.05, 0.1) is 11.1 Å². The lowest BCUT2D eigenvalue weighted by atomic mass is 10.1. The van der Waals surface area contributed by atoms with Crippen LogP contribution in [0, 0.1) is 5.82 Å². The Bertz CT molecular complexity index is 683. The molecule has 0 bridgehead atoms. The van der Waals surface area contributed by atoms with Gasteiger partial charge in [-0.05, 0) is 36.4 Å². The highest BCUT2D eigenvalue weighted by atomic mass is 19.4. The summed E-state index contributed by atoms with van der Waals surface area (Å²) in [7, 11) is 0. The molecule has 7 heteroatoms. The van der Waals surface area contributed by atoms with Crippen LogP contribution in [-0.4, -0.2) is 5.91 Å². The molecule has 2 rings (SSSR count). The minimum absolute atomic E-state index is 0.0286. The number of benzene rings is 2. The van der Waals surface area contributed by atoms with Gasteiger partial charge in [0.2, 0.25) is 0 Å². The SMILES string of the molecule is Nc1ccc(F)cc1C(=O)Nc1cccc(C(F)(F)F)c1. The van der Waals surface area contributed by atoms with Gasteiger partial charge in [-0.15, -0.1) is 0 Å². The first kappa shape index (κ1) is 14.8. The van der Waals surface area contributed by atoms with E-state index >= 15 is 0 Å². The number of anilines is 2. The summed E-state index contributed by atoms with van der Waals surface area (Å²) >= 11 is 0. The molecule has 0 fully saturated rings. The van der Waals surface area contributed by atoms with Crippen LogP contribution in [0.5, 0.6) is 0 Å². The van der Waals surface area contributed by atoms with Gasteiger partial charge in [-0.1, -0.05) is 6.07 Å². The first-order chi connectivity index (χ1) is 9.77. The summed E-state index contributed by atoms with van der Waals surface area (Å²) in [5.41, 5.74) is 4.47. The topological polar surface area (TPSA) is 55.1 Å². The summed E-state index contributed by atoms with van der Waals surface area (Å²) in [4.78, 5) is 11.9. The second kappa shape index (κ2) is 5.43. The van der Waals surface area contributed by atoms with Gasteiger partial charge < -0.3 is 11.1 Å². The van der Waals surface area contributed by atoms with Crippen molar-refractivity contribution in [3.8, 4) is 0 Å². The zero-order chi connectivity index (χ0) is 15.6. The molecular weight excluding hydrogens is 288 g/mol. The highest BCUT2D eigenvalue weighted by Gasteiger charge is 2.30. The van der Waals surface area contributed by atoms with E-state index in [1.807, 2.05) is 0 Å². The van der Waals surface area contributed by atoms with Crippen LogP contribution in [0.3, 0.4) is 0 Å². The number of carbonyl (C=O) groups is 1. The van der Waals surface area contributed by atoms with Crippen LogP contribution < -0.4 is 11.1 Å². The summed E-state index contributed by atoms with van der Waals surface area (Å²) in [6.07, 6.45) is -4.52. The van der Waals surface area contributed by atoms with E-state index in [9.17, 15) is 22.4 Å². The molecule has 0 aromatic heterocycles. The minimum Gasteiger partial charge on any atom is -0.398 e. The third-order valence-corrected chi connectivity index (χ3v) is 2.71. The van der Waals surface area contributed by atoms with Crippen LogP contribution in [-0.2, 0) is 6.18 Å². The number of alkyl halides is 3. The van der Waals surface area contributed by atoms with Gasteiger partial charge in [-0.2, -0.15) is 13.2 Å². The number of halogens is 4. The molecule has 0 aliphatic carbocycles. The van der Waals surface area contributed by atoms with Crippen molar-refractivity contribution >= 4 is 17.3 Å². The van der Waals surface area contributed by atoms with E-state index in [4.69, 9.17) is 5.73 Å². The van der Waals surface area contributed by atoms with Crippen LogP contribution in [0.4, 0.5) is 28.9 Å². The molecule has 2 aromatic rings. The van der Waals surface area contributed by atoms with Gasteiger partial charge in [-0.25, -0.2) is 4.39 Å². The number of hydrogen-bond donors (Lipinski definition) is 2. The van der Waals surface area contributed by atoms with Crippen LogP contribution in [0.2, 0.25) is 0 Å². The van der Waals surface area contributed by atoms with Crippen molar-refractivity contribution in [3.63, 3.8) is 0 Å². The molecule has 0 spiro atoms. The monoisotopic (exact) mass is 298 g/mol. The second-order valence-electron chi connectivity index (χ2n) is 4.26. The zero-order valence-electron chi connectivity index (χ0n) is 10.5. The first-order valence-electron chi connectivity index (χ1n) is 5.81. The molecule has 3 nitrogen and oxygen atoms in total. The molecule has 0 aliphatic rings. The Morgan fingerprint density at radius 3 is 2.48 bits per heavy atom. The molecule has 110 valence electrons. The van der Waals surface area contributed by atoms with Crippen molar-refractivity contribution < 1.29 is 22.4 Å².